The maximum Gasteiger partial charge on any atom is 0.261 e. The van der Waals surface area contributed by atoms with Crippen LogP contribution in [0.15, 0.2) is 46.9 Å². The molecule has 0 spiro atoms. The monoisotopic (exact) mass is 478 g/mol. The number of nitrogens with zero attached hydrogens (tertiary/aromatic N) is 1. The zero-order valence-corrected chi connectivity index (χ0v) is 19.2. The highest BCUT2D eigenvalue weighted by Crippen LogP contribution is 2.27. The number of benzene rings is 2. The number of hydrogen-bond donors (Lipinski definition) is 1. The van der Waals surface area contributed by atoms with E-state index in [-0.39, 0.29) is 25.0 Å². The van der Waals surface area contributed by atoms with Crippen molar-refractivity contribution in [3.05, 3.63) is 52.5 Å². The van der Waals surface area contributed by atoms with Crippen molar-refractivity contribution in [1.82, 2.24) is 10.2 Å². The van der Waals surface area contributed by atoms with Crippen molar-refractivity contribution < 1.29 is 23.8 Å². The first-order valence-electron chi connectivity index (χ1n) is 9.55. The maximum atomic E-state index is 13.0. The number of likely N-dealkylation sites (N-methyl/N-ethyl adjacent to an activating group) is 1. The summed E-state index contributed by atoms with van der Waals surface area (Å²) >= 11 is 3.40. The smallest absolute Gasteiger partial charge is 0.261 e. The second-order valence-electron chi connectivity index (χ2n) is 6.56. The van der Waals surface area contributed by atoms with Gasteiger partial charge in [0.25, 0.3) is 5.91 Å². The Labute approximate surface area is 185 Å². The van der Waals surface area contributed by atoms with Crippen molar-refractivity contribution in [1.29, 1.82) is 0 Å². The van der Waals surface area contributed by atoms with Gasteiger partial charge in [0, 0.05) is 35.8 Å². The average molecular weight is 479 g/mol. The van der Waals surface area contributed by atoms with Crippen LogP contribution in [0.1, 0.15) is 19.4 Å². The minimum Gasteiger partial charge on any atom is -0.496 e. The molecule has 1 unspecified atom stereocenters. The maximum absolute atomic E-state index is 13.0. The summed E-state index contributed by atoms with van der Waals surface area (Å²) in [5.41, 5.74) is 0.908. The zero-order valence-electron chi connectivity index (χ0n) is 17.6. The Morgan fingerprint density at radius 3 is 2.13 bits per heavy atom. The summed E-state index contributed by atoms with van der Waals surface area (Å²) in [6.07, 6.45) is 0. The number of nitrogens with one attached hydrogen (secondary N) is 1. The number of hydrogen-bond acceptors (Lipinski definition) is 5. The summed E-state index contributed by atoms with van der Waals surface area (Å²) in [4.78, 5) is 26.9. The molecule has 0 saturated heterocycles. The Morgan fingerprint density at radius 1 is 1.03 bits per heavy atom. The van der Waals surface area contributed by atoms with Gasteiger partial charge in [-0.2, -0.15) is 0 Å². The third-order valence-corrected chi connectivity index (χ3v) is 5.00. The standard InChI is InChI=1S/C22H27BrN2O5/c1-5-24-22(27)15(2)25(13-16-6-8-17(23)9-7-16)21(26)14-30-20-11-18(28-3)10-19(12-20)29-4/h6-12,15H,5,13-14H2,1-4H3,(H,24,27). The van der Waals surface area contributed by atoms with Crippen molar-refractivity contribution in [2.45, 2.75) is 26.4 Å². The second kappa shape index (κ2) is 11.4. The summed E-state index contributed by atoms with van der Waals surface area (Å²) < 4.78 is 17.1. The summed E-state index contributed by atoms with van der Waals surface area (Å²) in [6, 6.07) is 12.0. The molecule has 0 aliphatic heterocycles. The van der Waals surface area contributed by atoms with Crippen molar-refractivity contribution in [3.63, 3.8) is 0 Å². The van der Waals surface area contributed by atoms with E-state index in [0.29, 0.717) is 23.8 Å². The van der Waals surface area contributed by atoms with Gasteiger partial charge in [-0.3, -0.25) is 9.59 Å². The molecule has 0 aliphatic rings. The number of carbonyl (C=O) groups excluding carboxylic acids is 2. The normalized spacial score (nSPS) is 11.4. The third-order valence-electron chi connectivity index (χ3n) is 4.47. The Balaban J connectivity index is 2.17. The fourth-order valence-electron chi connectivity index (χ4n) is 2.78. The number of amides is 2. The molecule has 0 saturated carbocycles. The van der Waals surface area contributed by atoms with Crippen molar-refractivity contribution in [2.24, 2.45) is 0 Å². The van der Waals surface area contributed by atoms with Crippen LogP contribution in [-0.4, -0.2) is 50.1 Å². The predicted octanol–water partition coefficient (Wildman–Crippen LogP) is 3.40. The quantitative estimate of drug-likeness (QED) is 0.566. The van der Waals surface area contributed by atoms with E-state index in [1.165, 1.54) is 19.1 Å². The van der Waals surface area contributed by atoms with Crippen LogP contribution in [0.4, 0.5) is 0 Å². The molecular formula is C22H27BrN2O5. The Hall–Kier alpha value is -2.74. The van der Waals surface area contributed by atoms with Crippen LogP contribution < -0.4 is 19.5 Å². The van der Waals surface area contributed by atoms with Gasteiger partial charge >= 0.3 is 0 Å². The molecule has 30 heavy (non-hydrogen) atoms. The fourth-order valence-corrected chi connectivity index (χ4v) is 3.05. The van der Waals surface area contributed by atoms with Gasteiger partial charge in [-0.1, -0.05) is 28.1 Å². The number of ether oxygens (including phenoxy) is 3. The van der Waals surface area contributed by atoms with Gasteiger partial charge in [-0.05, 0) is 31.5 Å². The molecule has 0 bridgehead atoms. The molecule has 7 nitrogen and oxygen atoms in total. The van der Waals surface area contributed by atoms with Gasteiger partial charge in [-0.15, -0.1) is 0 Å². The minimum atomic E-state index is -0.649. The SMILES string of the molecule is CCNC(=O)C(C)N(Cc1ccc(Br)cc1)C(=O)COc1cc(OC)cc(OC)c1. The number of rotatable bonds is 10. The highest BCUT2D eigenvalue weighted by Gasteiger charge is 2.26. The average Bonchev–Trinajstić information content (AvgIpc) is 2.76. The van der Waals surface area contributed by atoms with Gasteiger partial charge < -0.3 is 24.4 Å². The first kappa shape index (κ1) is 23.5. The van der Waals surface area contributed by atoms with Crippen LogP contribution in [0.3, 0.4) is 0 Å². The van der Waals surface area contributed by atoms with Gasteiger partial charge in [0.2, 0.25) is 5.91 Å². The van der Waals surface area contributed by atoms with Gasteiger partial charge in [0.05, 0.1) is 14.2 Å². The van der Waals surface area contributed by atoms with Crippen LogP contribution in [-0.2, 0) is 16.1 Å². The molecule has 2 amide bonds. The molecule has 0 aromatic heterocycles. The number of halogens is 1. The van der Waals surface area contributed by atoms with E-state index in [2.05, 4.69) is 21.2 Å². The first-order valence-corrected chi connectivity index (χ1v) is 10.3. The number of methoxy groups -OCH3 is 2. The highest BCUT2D eigenvalue weighted by molar-refractivity contribution is 9.10. The topological polar surface area (TPSA) is 77.1 Å². The lowest BCUT2D eigenvalue weighted by Crippen LogP contribution is -2.49. The second-order valence-corrected chi connectivity index (χ2v) is 7.47. The molecule has 2 rings (SSSR count). The summed E-state index contributed by atoms with van der Waals surface area (Å²) in [7, 11) is 3.08. The minimum absolute atomic E-state index is 0.217. The van der Waals surface area contributed by atoms with Gasteiger partial charge in [0.1, 0.15) is 23.3 Å². The third kappa shape index (κ3) is 6.66. The Bertz CT molecular complexity index is 835. The number of carbonyl (C=O) groups is 2. The van der Waals surface area contributed by atoms with Crippen LogP contribution in [0.25, 0.3) is 0 Å². The molecule has 2 aromatic rings. The van der Waals surface area contributed by atoms with E-state index in [1.54, 1.807) is 25.1 Å². The Morgan fingerprint density at radius 2 is 1.60 bits per heavy atom. The van der Waals surface area contributed by atoms with E-state index in [0.717, 1.165) is 10.0 Å². The van der Waals surface area contributed by atoms with Crippen molar-refractivity contribution in [3.8, 4) is 17.2 Å². The van der Waals surface area contributed by atoms with E-state index in [9.17, 15) is 9.59 Å². The zero-order chi connectivity index (χ0) is 22.1. The lowest BCUT2D eigenvalue weighted by molar-refractivity contribution is -0.142. The molecule has 162 valence electrons. The van der Waals surface area contributed by atoms with Crippen LogP contribution in [0, 0.1) is 0 Å². The fraction of sp³-hybridized carbons (Fsp3) is 0.364. The summed E-state index contributed by atoms with van der Waals surface area (Å²) in [5.74, 6) is 1.02. The molecular weight excluding hydrogens is 452 g/mol. The Kier molecular flexibility index (Phi) is 8.98. The van der Waals surface area contributed by atoms with Gasteiger partial charge in [0.15, 0.2) is 6.61 Å². The molecule has 2 aromatic carbocycles. The molecule has 0 heterocycles. The van der Waals surface area contributed by atoms with E-state index in [1.807, 2.05) is 31.2 Å². The highest BCUT2D eigenvalue weighted by atomic mass is 79.9. The largest absolute Gasteiger partial charge is 0.496 e. The van der Waals surface area contributed by atoms with E-state index >= 15 is 0 Å². The predicted molar refractivity (Wildman–Crippen MR) is 118 cm³/mol. The molecule has 0 aliphatic carbocycles. The molecule has 0 radical (unpaired) electrons. The van der Waals surface area contributed by atoms with Crippen molar-refractivity contribution in [2.75, 3.05) is 27.4 Å². The molecule has 1 atom stereocenters. The van der Waals surface area contributed by atoms with Crippen LogP contribution in [0.2, 0.25) is 0 Å². The lowest BCUT2D eigenvalue weighted by Gasteiger charge is -2.28. The molecule has 0 fully saturated rings. The van der Waals surface area contributed by atoms with Crippen LogP contribution >= 0.6 is 15.9 Å². The summed E-state index contributed by atoms with van der Waals surface area (Å²) in [6.45, 7) is 4.09. The van der Waals surface area contributed by atoms with E-state index < -0.39 is 6.04 Å². The lowest BCUT2D eigenvalue weighted by atomic mass is 10.1. The van der Waals surface area contributed by atoms with Gasteiger partial charge in [-0.25, -0.2) is 0 Å². The van der Waals surface area contributed by atoms with Crippen molar-refractivity contribution >= 4 is 27.7 Å². The van der Waals surface area contributed by atoms with E-state index in [4.69, 9.17) is 14.2 Å². The molecule has 8 heteroatoms. The summed E-state index contributed by atoms with van der Waals surface area (Å²) in [5, 5.41) is 2.77. The molecule has 1 N–H and O–H groups in total. The van der Waals surface area contributed by atoms with Crippen LogP contribution in [0.5, 0.6) is 17.2 Å². The first-order chi connectivity index (χ1) is 14.4.